The minimum atomic E-state index is -2.91. The van der Waals surface area contributed by atoms with Crippen LogP contribution < -0.4 is 4.74 Å². The Balaban J connectivity index is 1.71. The first-order valence-corrected chi connectivity index (χ1v) is 12.6. The van der Waals surface area contributed by atoms with Crippen LogP contribution in [0.25, 0.3) is 0 Å². The number of benzene rings is 4. The maximum Gasteiger partial charge on any atom is 0.387 e. The first-order valence-electron chi connectivity index (χ1n) is 12.6. The number of rotatable bonds is 12. The van der Waals surface area contributed by atoms with Crippen molar-refractivity contribution in [3.8, 4) is 5.75 Å². The smallest absolute Gasteiger partial charge is 0.387 e. The fourth-order valence-electron chi connectivity index (χ4n) is 4.82. The third kappa shape index (κ3) is 7.26. The summed E-state index contributed by atoms with van der Waals surface area (Å²) in [6.45, 7) is -0.257. The molecular weight excluding hydrogens is 484 g/mol. The van der Waals surface area contributed by atoms with Gasteiger partial charge in [0.2, 0.25) is 0 Å². The van der Waals surface area contributed by atoms with Gasteiger partial charge in [0.1, 0.15) is 5.75 Å². The summed E-state index contributed by atoms with van der Waals surface area (Å²) in [4.78, 5) is 14.3. The number of hydrogen-bond acceptors (Lipinski definition) is 3. The van der Waals surface area contributed by atoms with Crippen molar-refractivity contribution in [2.45, 2.75) is 45.0 Å². The van der Waals surface area contributed by atoms with Gasteiger partial charge in [-0.25, -0.2) is 0 Å². The summed E-state index contributed by atoms with van der Waals surface area (Å²) in [5.41, 5.74) is 4.55. The predicted molar refractivity (Wildman–Crippen MR) is 144 cm³/mol. The molecule has 0 aliphatic rings. The van der Waals surface area contributed by atoms with Crippen molar-refractivity contribution >= 4 is 5.97 Å². The summed E-state index contributed by atoms with van der Waals surface area (Å²) in [5, 5.41) is 9.92. The van der Waals surface area contributed by atoms with E-state index < -0.39 is 18.6 Å². The third-order valence-electron chi connectivity index (χ3n) is 6.67. The minimum absolute atomic E-state index is 0.0652. The molecule has 0 amide bonds. The molecule has 38 heavy (non-hydrogen) atoms. The van der Waals surface area contributed by atoms with E-state index in [1.165, 1.54) is 6.07 Å². The highest BCUT2D eigenvalue weighted by molar-refractivity contribution is 5.68. The topological polar surface area (TPSA) is 49.8 Å². The molecule has 4 aromatic carbocycles. The van der Waals surface area contributed by atoms with Gasteiger partial charge in [-0.15, -0.1) is 0 Å². The number of carbonyl (C=O) groups is 1. The second kappa shape index (κ2) is 13.0. The molecule has 0 aromatic heterocycles. The number of halogens is 2. The molecule has 0 fully saturated rings. The largest absolute Gasteiger partial charge is 0.481 e. The Hall–Kier alpha value is -4.03. The van der Waals surface area contributed by atoms with Crippen LogP contribution in [0.3, 0.4) is 0 Å². The van der Waals surface area contributed by atoms with Gasteiger partial charge in [-0.1, -0.05) is 103 Å². The lowest BCUT2D eigenvalue weighted by atomic mass is 9.94. The highest BCUT2D eigenvalue weighted by atomic mass is 19.3. The van der Waals surface area contributed by atoms with Gasteiger partial charge in [0.05, 0.1) is 6.42 Å². The summed E-state index contributed by atoms with van der Waals surface area (Å²) < 4.78 is 30.6. The second-order valence-electron chi connectivity index (χ2n) is 9.27. The van der Waals surface area contributed by atoms with Gasteiger partial charge < -0.3 is 9.84 Å². The number of hydrogen-bond donors (Lipinski definition) is 1. The van der Waals surface area contributed by atoms with Crippen LogP contribution in [-0.4, -0.2) is 22.6 Å². The average Bonchev–Trinajstić information content (AvgIpc) is 2.92. The Bertz CT molecular complexity index is 1310. The van der Waals surface area contributed by atoms with Crippen molar-refractivity contribution in [3.05, 3.63) is 137 Å². The lowest BCUT2D eigenvalue weighted by molar-refractivity contribution is -0.138. The lowest BCUT2D eigenvalue weighted by Gasteiger charge is -2.37. The lowest BCUT2D eigenvalue weighted by Crippen LogP contribution is -2.32. The first kappa shape index (κ1) is 27.0. The number of nitrogens with zero attached hydrogens (tertiary/aromatic N) is 1. The molecule has 0 saturated heterocycles. The van der Waals surface area contributed by atoms with Gasteiger partial charge in [-0.3, -0.25) is 9.69 Å². The molecular formula is C32H31F2NO3. The van der Waals surface area contributed by atoms with E-state index in [9.17, 15) is 18.7 Å². The van der Waals surface area contributed by atoms with E-state index in [0.29, 0.717) is 18.5 Å². The Labute approximate surface area is 222 Å². The van der Waals surface area contributed by atoms with Gasteiger partial charge in [0.25, 0.3) is 0 Å². The Morgan fingerprint density at radius 1 is 0.816 bits per heavy atom. The molecule has 0 radical (unpaired) electrons. The van der Waals surface area contributed by atoms with Gasteiger partial charge in [0.15, 0.2) is 0 Å². The van der Waals surface area contributed by atoms with Crippen LogP contribution in [0.15, 0.2) is 109 Å². The van der Waals surface area contributed by atoms with Crippen molar-refractivity contribution < 1.29 is 23.4 Å². The van der Waals surface area contributed by atoms with E-state index in [1.807, 2.05) is 72.8 Å². The first-order chi connectivity index (χ1) is 18.4. The summed E-state index contributed by atoms with van der Waals surface area (Å²) in [6.07, 6.45) is 0.294. The average molecular weight is 516 g/mol. The SMILES string of the molecule is CC(c1ccccc1)N(Cc1ccccc1)C(CC(=O)O)c1cccc(Cc2ccccc2OC(F)F)c1. The number of carboxylic acid groups (broad SMARTS) is 1. The zero-order valence-corrected chi connectivity index (χ0v) is 21.2. The van der Waals surface area contributed by atoms with Gasteiger partial charge in [-0.2, -0.15) is 8.78 Å². The molecule has 0 aliphatic carbocycles. The summed E-state index contributed by atoms with van der Waals surface area (Å²) >= 11 is 0. The molecule has 1 N–H and O–H groups in total. The van der Waals surface area contributed by atoms with Crippen molar-refractivity contribution in [3.63, 3.8) is 0 Å². The molecule has 6 heteroatoms. The molecule has 0 saturated carbocycles. The van der Waals surface area contributed by atoms with E-state index in [-0.39, 0.29) is 18.2 Å². The van der Waals surface area contributed by atoms with Gasteiger partial charge in [-0.05, 0) is 40.8 Å². The summed E-state index contributed by atoms with van der Waals surface area (Å²) in [7, 11) is 0. The molecule has 196 valence electrons. The molecule has 4 rings (SSSR count). The zero-order chi connectivity index (χ0) is 26.9. The highest BCUT2D eigenvalue weighted by Gasteiger charge is 2.28. The van der Waals surface area contributed by atoms with Gasteiger partial charge >= 0.3 is 12.6 Å². The van der Waals surface area contributed by atoms with Crippen LogP contribution in [0, 0.1) is 0 Å². The summed E-state index contributed by atoms with van der Waals surface area (Å²) in [6, 6.07) is 34.0. The van der Waals surface area contributed by atoms with E-state index in [1.54, 1.807) is 18.2 Å². The maximum absolute atomic E-state index is 12.9. The number of para-hydroxylation sites is 1. The third-order valence-corrected chi connectivity index (χ3v) is 6.67. The van der Waals surface area contributed by atoms with Crippen LogP contribution in [0.1, 0.15) is 53.2 Å². The van der Waals surface area contributed by atoms with E-state index >= 15 is 0 Å². The normalized spacial score (nSPS) is 12.9. The number of alkyl halides is 2. The molecule has 0 aliphatic heterocycles. The molecule has 4 aromatic rings. The molecule has 0 spiro atoms. The summed E-state index contributed by atoms with van der Waals surface area (Å²) in [5.74, 6) is -0.757. The van der Waals surface area contributed by atoms with E-state index in [0.717, 1.165) is 22.3 Å². The molecule has 2 atom stereocenters. The van der Waals surface area contributed by atoms with Crippen molar-refractivity contribution in [1.82, 2.24) is 4.90 Å². The Kier molecular flexibility index (Phi) is 9.22. The second-order valence-corrected chi connectivity index (χ2v) is 9.27. The molecule has 0 heterocycles. The Morgan fingerprint density at radius 3 is 2.11 bits per heavy atom. The van der Waals surface area contributed by atoms with E-state index in [2.05, 4.69) is 24.0 Å². The van der Waals surface area contributed by atoms with Crippen LogP contribution >= 0.6 is 0 Å². The zero-order valence-electron chi connectivity index (χ0n) is 21.2. The van der Waals surface area contributed by atoms with Crippen LogP contribution in [0.5, 0.6) is 5.75 Å². The number of ether oxygens (including phenoxy) is 1. The minimum Gasteiger partial charge on any atom is -0.481 e. The predicted octanol–water partition coefficient (Wildman–Crippen LogP) is 7.66. The quantitative estimate of drug-likeness (QED) is 0.210. The van der Waals surface area contributed by atoms with Crippen molar-refractivity contribution in [2.24, 2.45) is 0 Å². The van der Waals surface area contributed by atoms with Crippen molar-refractivity contribution in [2.75, 3.05) is 0 Å². The number of carboxylic acids is 1. The molecule has 0 bridgehead atoms. The van der Waals surface area contributed by atoms with Crippen LogP contribution in [-0.2, 0) is 17.8 Å². The van der Waals surface area contributed by atoms with Crippen LogP contribution in [0.2, 0.25) is 0 Å². The Morgan fingerprint density at radius 2 is 1.42 bits per heavy atom. The van der Waals surface area contributed by atoms with Gasteiger partial charge in [0, 0.05) is 25.0 Å². The standard InChI is InChI=1S/C32H31F2NO3/c1-23(26-14-6-3-7-15-26)35(22-24-11-4-2-5-12-24)29(21-31(36)37)27-17-10-13-25(19-27)20-28-16-8-9-18-30(28)38-32(33)34/h2-19,23,29,32H,20-22H2,1H3,(H,36,37). The highest BCUT2D eigenvalue weighted by Crippen LogP contribution is 2.35. The van der Waals surface area contributed by atoms with E-state index in [4.69, 9.17) is 4.74 Å². The molecule has 2 unspecified atom stereocenters. The number of aliphatic carboxylic acids is 1. The fourth-order valence-corrected chi connectivity index (χ4v) is 4.82. The fraction of sp³-hybridized carbons (Fsp3) is 0.219. The molecule has 4 nitrogen and oxygen atoms in total. The van der Waals surface area contributed by atoms with Crippen molar-refractivity contribution in [1.29, 1.82) is 0 Å². The monoisotopic (exact) mass is 515 g/mol. The van der Waals surface area contributed by atoms with Crippen LogP contribution in [0.4, 0.5) is 8.78 Å². The maximum atomic E-state index is 12.9.